The highest BCUT2D eigenvalue weighted by Crippen LogP contribution is 2.28. The minimum Gasteiger partial charge on any atom is -0.497 e. The van der Waals surface area contributed by atoms with E-state index in [1.807, 2.05) is 32.0 Å². The van der Waals surface area contributed by atoms with Crippen LogP contribution < -0.4 is 20.3 Å². The Hall–Kier alpha value is -3.61. The Bertz CT molecular complexity index is 1020. The molecule has 0 radical (unpaired) electrons. The Balaban J connectivity index is 1.79. The molecule has 0 saturated heterocycles. The van der Waals surface area contributed by atoms with Crippen LogP contribution >= 0.6 is 0 Å². The smallest absolute Gasteiger partial charge is 0.246 e. The Morgan fingerprint density at radius 3 is 2.16 bits per heavy atom. The van der Waals surface area contributed by atoms with Crippen LogP contribution in [0.5, 0.6) is 5.75 Å². The van der Waals surface area contributed by atoms with Crippen molar-refractivity contribution in [2.75, 3.05) is 29.2 Å². The number of hydrogen-bond acceptors (Lipinski definition) is 4. The summed E-state index contributed by atoms with van der Waals surface area (Å²) in [5, 5.41) is 6.00. The Kier molecular flexibility index (Phi) is 7.07. The molecule has 162 valence electrons. The van der Waals surface area contributed by atoms with Crippen LogP contribution in [0.4, 0.5) is 31.5 Å². The summed E-state index contributed by atoms with van der Waals surface area (Å²) >= 11 is 0. The first-order chi connectivity index (χ1) is 14.9. The van der Waals surface area contributed by atoms with Gasteiger partial charge in [0.15, 0.2) is 11.6 Å². The topological polar surface area (TPSA) is 53.6 Å². The number of methoxy groups -OCH3 is 1. The first-order valence-electron chi connectivity index (χ1n) is 9.90. The maximum Gasteiger partial charge on any atom is 0.246 e. The van der Waals surface area contributed by atoms with E-state index in [0.29, 0.717) is 17.1 Å². The largest absolute Gasteiger partial charge is 0.497 e. The molecule has 0 atom stereocenters. The first kappa shape index (κ1) is 22.1. The van der Waals surface area contributed by atoms with E-state index >= 15 is 0 Å². The third-order valence-electron chi connectivity index (χ3n) is 4.68. The van der Waals surface area contributed by atoms with E-state index in [2.05, 4.69) is 10.6 Å². The lowest BCUT2D eigenvalue weighted by atomic mass is 10.2. The van der Waals surface area contributed by atoms with E-state index in [1.54, 1.807) is 48.4 Å². The third kappa shape index (κ3) is 5.51. The van der Waals surface area contributed by atoms with E-state index in [9.17, 15) is 13.6 Å². The van der Waals surface area contributed by atoms with E-state index in [0.717, 1.165) is 17.8 Å². The monoisotopic (exact) mass is 425 g/mol. The highest BCUT2D eigenvalue weighted by atomic mass is 19.2. The molecule has 3 rings (SSSR count). The second kappa shape index (κ2) is 9.93. The van der Waals surface area contributed by atoms with Crippen molar-refractivity contribution in [2.45, 2.75) is 19.9 Å². The van der Waals surface area contributed by atoms with Crippen LogP contribution in [-0.2, 0) is 4.79 Å². The van der Waals surface area contributed by atoms with Crippen LogP contribution in [0.2, 0.25) is 0 Å². The van der Waals surface area contributed by atoms with Crippen LogP contribution in [0.25, 0.3) is 0 Å². The molecule has 0 saturated carbocycles. The van der Waals surface area contributed by atoms with Crippen molar-refractivity contribution in [3.05, 3.63) is 78.4 Å². The van der Waals surface area contributed by atoms with E-state index in [-0.39, 0.29) is 24.2 Å². The van der Waals surface area contributed by atoms with Crippen molar-refractivity contribution in [3.8, 4) is 5.75 Å². The number of rotatable bonds is 8. The normalized spacial score (nSPS) is 10.6. The second-order valence-corrected chi connectivity index (χ2v) is 7.21. The molecule has 0 aromatic heterocycles. The molecule has 3 aromatic rings. The predicted octanol–water partition coefficient (Wildman–Crippen LogP) is 5.57. The van der Waals surface area contributed by atoms with Gasteiger partial charge < -0.3 is 20.3 Å². The summed E-state index contributed by atoms with van der Waals surface area (Å²) in [6, 6.07) is 18.3. The number of amides is 1. The van der Waals surface area contributed by atoms with Gasteiger partial charge in [-0.05, 0) is 50.2 Å². The standard InChI is InChI=1S/C24H25F2N3O2/c1-16(2)29(18-9-11-19(31-3)12-10-18)24(30)15-27-22-13-20(25)21(26)14-23(22)28-17-7-5-4-6-8-17/h4-14,16,27-28H,15H2,1-3H3. The summed E-state index contributed by atoms with van der Waals surface area (Å²) in [6.07, 6.45) is 0. The Morgan fingerprint density at radius 2 is 1.58 bits per heavy atom. The fourth-order valence-corrected chi connectivity index (χ4v) is 3.20. The lowest BCUT2D eigenvalue weighted by Crippen LogP contribution is -2.40. The van der Waals surface area contributed by atoms with Crippen LogP contribution in [-0.4, -0.2) is 25.6 Å². The van der Waals surface area contributed by atoms with Crippen molar-refractivity contribution in [1.82, 2.24) is 0 Å². The zero-order chi connectivity index (χ0) is 22.4. The van der Waals surface area contributed by atoms with Crippen molar-refractivity contribution in [2.24, 2.45) is 0 Å². The SMILES string of the molecule is COc1ccc(N(C(=O)CNc2cc(F)c(F)cc2Nc2ccccc2)C(C)C)cc1. The minimum atomic E-state index is -0.996. The number of hydrogen-bond donors (Lipinski definition) is 2. The number of nitrogens with zero attached hydrogens (tertiary/aromatic N) is 1. The molecule has 0 bridgehead atoms. The van der Waals surface area contributed by atoms with Gasteiger partial charge in [-0.1, -0.05) is 18.2 Å². The highest BCUT2D eigenvalue weighted by molar-refractivity contribution is 5.97. The van der Waals surface area contributed by atoms with E-state index in [4.69, 9.17) is 4.74 Å². The molecule has 0 aliphatic rings. The van der Waals surface area contributed by atoms with Gasteiger partial charge >= 0.3 is 0 Å². The second-order valence-electron chi connectivity index (χ2n) is 7.21. The van der Waals surface area contributed by atoms with Gasteiger partial charge in [0.05, 0.1) is 25.0 Å². The maximum atomic E-state index is 13.9. The van der Waals surface area contributed by atoms with Gasteiger partial charge in [0.25, 0.3) is 0 Å². The quantitative estimate of drug-likeness (QED) is 0.495. The van der Waals surface area contributed by atoms with Gasteiger partial charge in [-0.25, -0.2) is 8.78 Å². The van der Waals surface area contributed by atoms with Gasteiger partial charge in [-0.3, -0.25) is 4.79 Å². The number of ether oxygens (including phenoxy) is 1. The molecule has 0 fully saturated rings. The lowest BCUT2D eigenvalue weighted by Gasteiger charge is -2.27. The number of halogens is 2. The van der Waals surface area contributed by atoms with E-state index < -0.39 is 11.6 Å². The van der Waals surface area contributed by atoms with Crippen molar-refractivity contribution >= 4 is 28.7 Å². The van der Waals surface area contributed by atoms with Gasteiger partial charge in [0, 0.05) is 29.5 Å². The van der Waals surface area contributed by atoms with Gasteiger partial charge in [-0.2, -0.15) is 0 Å². The molecular formula is C24H25F2N3O2. The molecule has 0 aliphatic carbocycles. The fourth-order valence-electron chi connectivity index (χ4n) is 3.20. The molecule has 5 nitrogen and oxygen atoms in total. The lowest BCUT2D eigenvalue weighted by molar-refractivity contribution is -0.117. The number of carbonyl (C=O) groups excluding carboxylic acids is 1. The average Bonchev–Trinajstić information content (AvgIpc) is 2.76. The molecule has 0 heterocycles. The predicted molar refractivity (Wildman–Crippen MR) is 120 cm³/mol. The molecule has 3 aromatic carbocycles. The van der Waals surface area contributed by atoms with Crippen molar-refractivity contribution in [1.29, 1.82) is 0 Å². The summed E-state index contributed by atoms with van der Waals surface area (Å²) in [4.78, 5) is 14.6. The van der Waals surface area contributed by atoms with Gasteiger partial charge in [0.2, 0.25) is 5.91 Å². The molecule has 0 spiro atoms. The summed E-state index contributed by atoms with van der Waals surface area (Å²) < 4.78 is 32.9. The van der Waals surface area contributed by atoms with Crippen LogP contribution in [0.1, 0.15) is 13.8 Å². The zero-order valence-corrected chi connectivity index (χ0v) is 17.7. The summed E-state index contributed by atoms with van der Waals surface area (Å²) in [5.74, 6) is -1.49. The minimum absolute atomic E-state index is 0.0985. The summed E-state index contributed by atoms with van der Waals surface area (Å²) in [5.41, 5.74) is 2.05. The number of para-hydroxylation sites is 1. The molecule has 7 heteroatoms. The van der Waals surface area contributed by atoms with Gasteiger partial charge in [-0.15, -0.1) is 0 Å². The molecular weight excluding hydrogens is 400 g/mol. The number of anilines is 4. The summed E-state index contributed by atoms with van der Waals surface area (Å²) in [7, 11) is 1.58. The van der Waals surface area contributed by atoms with Crippen molar-refractivity contribution < 1.29 is 18.3 Å². The fraction of sp³-hybridized carbons (Fsp3) is 0.208. The average molecular weight is 425 g/mol. The number of carbonyl (C=O) groups is 1. The van der Waals surface area contributed by atoms with Crippen LogP contribution in [0.15, 0.2) is 66.7 Å². The summed E-state index contributed by atoms with van der Waals surface area (Å²) in [6.45, 7) is 3.71. The molecule has 31 heavy (non-hydrogen) atoms. The number of nitrogens with one attached hydrogen (secondary N) is 2. The third-order valence-corrected chi connectivity index (χ3v) is 4.68. The maximum absolute atomic E-state index is 13.9. The highest BCUT2D eigenvalue weighted by Gasteiger charge is 2.20. The first-order valence-corrected chi connectivity index (χ1v) is 9.90. The number of benzene rings is 3. The molecule has 2 N–H and O–H groups in total. The Morgan fingerprint density at radius 1 is 0.968 bits per heavy atom. The molecule has 0 unspecified atom stereocenters. The van der Waals surface area contributed by atoms with Crippen LogP contribution in [0, 0.1) is 11.6 Å². The zero-order valence-electron chi connectivity index (χ0n) is 17.7. The Labute approximate surface area is 180 Å². The van der Waals surface area contributed by atoms with Crippen molar-refractivity contribution in [3.63, 3.8) is 0 Å². The molecule has 0 aliphatic heterocycles. The molecule has 1 amide bonds. The van der Waals surface area contributed by atoms with Crippen LogP contribution in [0.3, 0.4) is 0 Å². The van der Waals surface area contributed by atoms with E-state index in [1.165, 1.54) is 0 Å². The van der Waals surface area contributed by atoms with Gasteiger partial charge in [0.1, 0.15) is 5.75 Å².